The topological polar surface area (TPSA) is 58.2 Å². The Morgan fingerprint density at radius 1 is 1.35 bits per heavy atom. The fourth-order valence-corrected chi connectivity index (χ4v) is 2.24. The number of amides is 2. The smallest absolute Gasteiger partial charge is 0.242 e. The molecule has 0 bridgehead atoms. The van der Waals surface area contributed by atoms with Gasteiger partial charge in [0, 0.05) is 0 Å². The van der Waals surface area contributed by atoms with Gasteiger partial charge in [-0.15, -0.1) is 0 Å². The molecule has 1 heterocycles. The predicted octanol–water partition coefficient (Wildman–Crippen LogP) is 1.52. The van der Waals surface area contributed by atoms with E-state index in [9.17, 15) is 9.59 Å². The molecule has 0 aliphatic carbocycles. The third-order valence-corrected chi connectivity index (χ3v) is 3.60. The number of carbonyl (C=O) groups is 2. The number of nitrogens with one attached hydrogen (secondary N) is 2. The van der Waals surface area contributed by atoms with E-state index < -0.39 is 5.41 Å². The quantitative estimate of drug-likeness (QED) is 0.454. The van der Waals surface area contributed by atoms with Gasteiger partial charge in [-0.3, -0.25) is 9.59 Å². The van der Waals surface area contributed by atoms with Crippen LogP contribution >= 0.6 is 12.2 Å². The molecule has 0 aromatic rings. The number of carbonyl (C=O) groups excluding carboxylic acids is 2. The third kappa shape index (κ3) is 2.39. The van der Waals surface area contributed by atoms with Crippen LogP contribution in [0.2, 0.25) is 0 Å². The molecule has 1 saturated heterocycles. The Morgan fingerprint density at radius 3 is 2.29 bits per heavy atom. The standard InChI is InChI=1S/C12H18N2O2S/c1-4-6-7-12(8(3)5-2)9(15)13-11(17)14-10(12)16/h4,6,8H,5,7H2,1-3H3,(H2,13,14,15,16,17)/b6-4+/t8-/m1/s1. The highest BCUT2D eigenvalue weighted by Gasteiger charge is 2.51. The maximum atomic E-state index is 12.1. The second-order valence-electron chi connectivity index (χ2n) is 4.29. The summed E-state index contributed by atoms with van der Waals surface area (Å²) < 4.78 is 0. The lowest BCUT2D eigenvalue weighted by Gasteiger charge is -2.38. The van der Waals surface area contributed by atoms with E-state index in [0.29, 0.717) is 6.42 Å². The Labute approximate surface area is 107 Å². The Bertz CT molecular complexity index is 357. The summed E-state index contributed by atoms with van der Waals surface area (Å²) in [5.74, 6) is -0.626. The molecule has 94 valence electrons. The Kier molecular flexibility index (Phi) is 4.40. The molecular formula is C12H18N2O2S. The lowest BCUT2D eigenvalue weighted by atomic mass is 9.70. The SMILES string of the molecule is C/C=C/CC1([C@H](C)CC)C(=O)NC(=S)NC1=O. The van der Waals surface area contributed by atoms with E-state index in [-0.39, 0.29) is 22.8 Å². The summed E-state index contributed by atoms with van der Waals surface area (Å²) in [6.07, 6.45) is 4.85. The summed E-state index contributed by atoms with van der Waals surface area (Å²) in [6.45, 7) is 5.75. The monoisotopic (exact) mass is 254 g/mol. The highest BCUT2D eigenvalue weighted by molar-refractivity contribution is 7.80. The first-order valence-electron chi connectivity index (χ1n) is 5.77. The van der Waals surface area contributed by atoms with Crippen molar-refractivity contribution in [1.29, 1.82) is 0 Å². The normalized spacial score (nSPS) is 21.2. The van der Waals surface area contributed by atoms with Gasteiger partial charge >= 0.3 is 0 Å². The van der Waals surface area contributed by atoms with Crippen molar-refractivity contribution in [2.24, 2.45) is 11.3 Å². The second kappa shape index (κ2) is 5.40. The van der Waals surface area contributed by atoms with E-state index in [2.05, 4.69) is 10.6 Å². The van der Waals surface area contributed by atoms with Crippen molar-refractivity contribution in [3.05, 3.63) is 12.2 Å². The van der Waals surface area contributed by atoms with Crippen molar-refractivity contribution in [2.45, 2.75) is 33.6 Å². The van der Waals surface area contributed by atoms with Crippen molar-refractivity contribution >= 4 is 29.1 Å². The average Bonchev–Trinajstić information content (AvgIpc) is 2.27. The summed E-state index contributed by atoms with van der Waals surface area (Å²) in [7, 11) is 0. The Hall–Kier alpha value is -1.23. The molecule has 5 heteroatoms. The van der Waals surface area contributed by atoms with Crippen LogP contribution in [0.4, 0.5) is 0 Å². The summed E-state index contributed by atoms with van der Waals surface area (Å²) >= 11 is 4.82. The lowest BCUT2D eigenvalue weighted by Crippen LogP contribution is -2.64. The number of rotatable bonds is 4. The van der Waals surface area contributed by atoms with Crippen molar-refractivity contribution in [2.75, 3.05) is 0 Å². The molecule has 0 saturated carbocycles. The zero-order valence-electron chi connectivity index (χ0n) is 10.4. The highest BCUT2D eigenvalue weighted by Crippen LogP contribution is 2.36. The number of hydrogen-bond donors (Lipinski definition) is 2. The van der Waals surface area contributed by atoms with Crippen LogP contribution in [-0.4, -0.2) is 16.9 Å². The maximum absolute atomic E-state index is 12.1. The molecule has 1 aliphatic heterocycles. The van der Waals surface area contributed by atoms with Crippen LogP contribution in [0.25, 0.3) is 0 Å². The number of hydrogen-bond acceptors (Lipinski definition) is 3. The molecule has 0 aromatic heterocycles. The van der Waals surface area contributed by atoms with Gasteiger partial charge in [-0.1, -0.05) is 32.4 Å². The van der Waals surface area contributed by atoms with Gasteiger partial charge in [0.25, 0.3) is 0 Å². The molecule has 2 N–H and O–H groups in total. The van der Waals surface area contributed by atoms with Crippen molar-refractivity contribution < 1.29 is 9.59 Å². The predicted molar refractivity (Wildman–Crippen MR) is 70.2 cm³/mol. The largest absolute Gasteiger partial charge is 0.302 e. The first-order valence-corrected chi connectivity index (χ1v) is 6.17. The Balaban J connectivity index is 3.15. The van der Waals surface area contributed by atoms with Crippen LogP contribution < -0.4 is 10.6 Å². The van der Waals surface area contributed by atoms with Crippen molar-refractivity contribution in [1.82, 2.24) is 10.6 Å². The van der Waals surface area contributed by atoms with Crippen LogP contribution in [0.1, 0.15) is 33.6 Å². The molecule has 1 rings (SSSR count). The number of thiocarbonyl (C=S) groups is 1. The molecule has 2 amide bonds. The van der Waals surface area contributed by atoms with E-state index >= 15 is 0 Å². The van der Waals surface area contributed by atoms with Gasteiger partial charge in [0.05, 0.1) is 0 Å². The first kappa shape index (κ1) is 13.8. The van der Waals surface area contributed by atoms with E-state index in [1.807, 2.05) is 32.9 Å². The van der Waals surface area contributed by atoms with Gasteiger partial charge in [-0.05, 0) is 31.5 Å². The van der Waals surface area contributed by atoms with Gasteiger partial charge in [0.15, 0.2) is 5.11 Å². The van der Waals surface area contributed by atoms with Crippen LogP contribution in [0.15, 0.2) is 12.2 Å². The van der Waals surface area contributed by atoms with Crippen LogP contribution in [0, 0.1) is 11.3 Å². The van der Waals surface area contributed by atoms with Gasteiger partial charge < -0.3 is 10.6 Å². The van der Waals surface area contributed by atoms with E-state index in [1.54, 1.807) is 0 Å². The molecule has 1 fully saturated rings. The van der Waals surface area contributed by atoms with E-state index in [1.165, 1.54) is 0 Å². The van der Waals surface area contributed by atoms with Gasteiger partial charge in [-0.2, -0.15) is 0 Å². The second-order valence-corrected chi connectivity index (χ2v) is 4.70. The average molecular weight is 254 g/mol. The Morgan fingerprint density at radius 2 is 1.88 bits per heavy atom. The molecule has 4 nitrogen and oxygen atoms in total. The summed E-state index contributed by atoms with van der Waals surface area (Å²) in [6, 6.07) is 0. The first-order chi connectivity index (χ1) is 7.98. The number of allylic oxidation sites excluding steroid dienone is 2. The summed E-state index contributed by atoms with van der Waals surface area (Å²) in [5, 5.41) is 5.20. The molecule has 0 radical (unpaired) electrons. The van der Waals surface area contributed by atoms with E-state index in [0.717, 1.165) is 6.42 Å². The van der Waals surface area contributed by atoms with Gasteiger partial charge in [0.2, 0.25) is 11.8 Å². The fraction of sp³-hybridized carbons (Fsp3) is 0.583. The minimum Gasteiger partial charge on any atom is -0.302 e. The van der Waals surface area contributed by atoms with E-state index in [4.69, 9.17) is 12.2 Å². The zero-order chi connectivity index (χ0) is 13.1. The summed E-state index contributed by atoms with van der Waals surface area (Å²) in [5.41, 5.74) is -1.04. The molecule has 0 aromatic carbocycles. The molecule has 0 unspecified atom stereocenters. The lowest BCUT2D eigenvalue weighted by molar-refractivity contribution is -0.147. The third-order valence-electron chi connectivity index (χ3n) is 3.39. The van der Waals surface area contributed by atoms with Crippen LogP contribution in [0.5, 0.6) is 0 Å². The molecule has 17 heavy (non-hydrogen) atoms. The maximum Gasteiger partial charge on any atom is 0.242 e. The minimum absolute atomic E-state index is 0.0400. The van der Waals surface area contributed by atoms with Gasteiger partial charge in [-0.25, -0.2) is 0 Å². The molecular weight excluding hydrogens is 236 g/mol. The van der Waals surface area contributed by atoms with Crippen molar-refractivity contribution in [3.8, 4) is 0 Å². The molecule has 1 atom stereocenters. The van der Waals surface area contributed by atoms with Crippen molar-refractivity contribution in [3.63, 3.8) is 0 Å². The van der Waals surface area contributed by atoms with Crippen LogP contribution in [0.3, 0.4) is 0 Å². The fourth-order valence-electron chi connectivity index (χ4n) is 2.05. The molecule has 1 aliphatic rings. The van der Waals surface area contributed by atoms with Crippen LogP contribution in [-0.2, 0) is 9.59 Å². The summed E-state index contributed by atoms with van der Waals surface area (Å²) in [4.78, 5) is 24.3. The highest BCUT2D eigenvalue weighted by atomic mass is 32.1. The minimum atomic E-state index is -1.04. The van der Waals surface area contributed by atoms with Gasteiger partial charge in [0.1, 0.15) is 5.41 Å². The molecule has 0 spiro atoms. The zero-order valence-corrected chi connectivity index (χ0v) is 11.2.